The van der Waals surface area contributed by atoms with Gasteiger partial charge in [0.1, 0.15) is 0 Å². The van der Waals surface area contributed by atoms with Crippen LogP contribution in [0.3, 0.4) is 0 Å². The van der Waals surface area contributed by atoms with Crippen molar-refractivity contribution >= 4 is 33.1 Å². The lowest BCUT2D eigenvalue weighted by molar-refractivity contribution is 0.117. The normalized spacial score (nSPS) is 19.3. The molecule has 0 amide bonds. The Hall–Kier alpha value is -0.560. The fraction of sp³-hybridized carbons (Fsp3) is 0.538. The predicted octanol–water partition coefficient (Wildman–Crippen LogP) is 1.64. The van der Waals surface area contributed by atoms with E-state index >= 15 is 0 Å². The van der Waals surface area contributed by atoms with Crippen molar-refractivity contribution in [2.75, 3.05) is 26.2 Å². The van der Waals surface area contributed by atoms with E-state index < -0.39 is 0 Å². The summed E-state index contributed by atoms with van der Waals surface area (Å²) in [5, 5.41) is 0. The molecule has 1 saturated heterocycles. The molecule has 1 aliphatic heterocycles. The Morgan fingerprint density at radius 1 is 1.42 bits per heavy atom. The molecule has 1 aromatic heterocycles. The van der Waals surface area contributed by atoms with Crippen LogP contribution in [0.1, 0.15) is 12.6 Å². The summed E-state index contributed by atoms with van der Waals surface area (Å²) >= 11 is 8.45. The molecule has 1 aliphatic rings. The van der Waals surface area contributed by atoms with Crippen molar-refractivity contribution in [3.8, 4) is 0 Å². The molecule has 19 heavy (non-hydrogen) atoms. The minimum Gasteiger partial charge on any atom is -0.392 e. The molecule has 0 radical (unpaired) electrons. The molecule has 2 heterocycles. The van der Waals surface area contributed by atoms with Gasteiger partial charge in [-0.3, -0.25) is 14.8 Å². The Morgan fingerprint density at radius 3 is 2.63 bits per heavy atom. The maximum absolute atomic E-state index is 5.70. The van der Waals surface area contributed by atoms with E-state index in [0.717, 1.165) is 42.9 Å². The summed E-state index contributed by atoms with van der Waals surface area (Å²) in [5.41, 5.74) is 6.81. The third-order valence-corrected chi connectivity index (χ3v) is 4.35. The number of aromatic nitrogens is 1. The fourth-order valence-corrected chi connectivity index (χ4v) is 2.60. The number of hydrogen-bond acceptors (Lipinski definition) is 4. The first-order valence-corrected chi connectivity index (χ1v) is 7.62. The van der Waals surface area contributed by atoms with E-state index in [9.17, 15) is 0 Å². The molecular formula is C13H19BrN4S. The number of nitrogens with zero attached hydrogens (tertiary/aromatic N) is 3. The van der Waals surface area contributed by atoms with E-state index in [1.54, 1.807) is 0 Å². The van der Waals surface area contributed by atoms with Crippen molar-refractivity contribution in [1.82, 2.24) is 14.8 Å². The van der Waals surface area contributed by atoms with Gasteiger partial charge in [0.15, 0.2) is 0 Å². The van der Waals surface area contributed by atoms with Crippen molar-refractivity contribution < 1.29 is 0 Å². The van der Waals surface area contributed by atoms with Gasteiger partial charge in [0.05, 0.1) is 16.7 Å². The number of halogens is 1. The van der Waals surface area contributed by atoms with Gasteiger partial charge in [0.2, 0.25) is 0 Å². The average molecular weight is 343 g/mol. The molecule has 1 aromatic rings. The number of pyridine rings is 1. The SMILES string of the molecule is CC(C(N)=S)N1CCN(Cc2ccc(Br)cn2)CC1. The van der Waals surface area contributed by atoms with E-state index in [0.29, 0.717) is 4.99 Å². The zero-order valence-electron chi connectivity index (χ0n) is 11.1. The molecule has 1 atom stereocenters. The van der Waals surface area contributed by atoms with Crippen molar-refractivity contribution in [3.05, 3.63) is 28.5 Å². The lowest BCUT2D eigenvalue weighted by atomic mass is 10.2. The highest BCUT2D eigenvalue weighted by molar-refractivity contribution is 9.10. The van der Waals surface area contributed by atoms with Gasteiger partial charge in [-0.2, -0.15) is 0 Å². The largest absolute Gasteiger partial charge is 0.392 e. The smallest absolute Gasteiger partial charge is 0.0899 e. The zero-order valence-corrected chi connectivity index (χ0v) is 13.5. The Morgan fingerprint density at radius 2 is 2.11 bits per heavy atom. The average Bonchev–Trinajstić information content (AvgIpc) is 2.41. The Balaban J connectivity index is 1.83. The summed E-state index contributed by atoms with van der Waals surface area (Å²) < 4.78 is 1.02. The second kappa shape index (κ2) is 6.74. The molecule has 4 nitrogen and oxygen atoms in total. The van der Waals surface area contributed by atoms with Crippen LogP contribution in [0.4, 0.5) is 0 Å². The lowest BCUT2D eigenvalue weighted by Gasteiger charge is -2.37. The van der Waals surface area contributed by atoms with Gasteiger partial charge in [-0.1, -0.05) is 12.2 Å². The quantitative estimate of drug-likeness (QED) is 0.842. The zero-order chi connectivity index (χ0) is 13.8. The minimum atomic E-state index is 0.197. The standard InChI is InChI=1S/C13H19BrN4S/c1-10(13(15)19)18-6-4-17(5-7-18)9-12-3-2-11(14)8-16-12/h2-3,8,10H,4-7,9H2,1H3,(H2,15,19). The third-order valence-electron chi connectivity index (χ3n) is 3.54. The van der Waals surface area contributed by atoms with Gasteiger partial charge < -0.3 is 5.73 Å². The van der Waals surface area contributed by atoms with Crippen molar-refractivity contribution in [3.63, 3.8) is 0 Å². The molecule has 1 fully saturated rings. The fourth-order valence-electron chi connectivity index (χ4n) is 2.22. The maximum Gasteiger partial charge on any atom is 0.0899 e. The predicted molar refractivity (Wildman–Crippen MR) is 85.0 cm³/mol. The monoisotopic (exact) mass is 342 g/mol. The number of thiocarbonyl (C=S) groups is 1. The van der Waals surface area contributed by atoms with Gasteiger partial charge in [-0.05, 0) is 35.0 Å². The van der Waals surface area contributed by atoms with Crippen molar-refractivity contribution in [1.29, 1.82) is 0 Å². The summed E-state index contributed by atoms with van der Waals surface area (Å²) in [7, 11) is 0. The topological polar surface area (TPSA) is 45.4 Å². The van der Waals surface area contributed by atoms with Crippen LogP contribution in [0.5, 0.6) is 0 Å². The van der Waals surface area contributed by atoms with E-state index in [4.69, 9.17) is 18.0 Å². The molecular weight excluding hydrogens is 324 g/mol. The lowest BCUT2D eigenvalue weighted by Crippen LogP contribution is -2.52. The third kappa shape index (κ3) is 4.21. The minimum absolute atomic E-state index is 0.197. The van der Waals surface area contributed by atoms with Gasteiger partial charge in [0, 0.05) is 43.4 Å². The van der Waals surface area contributed by atoms with E-state index in [1.807, 2.05) is 12.3 Å². The van der Waals surface area contributed by atoms with Crippen LogP contribution in [-0.2, 0) is 6.54 Å². The highest BCUT2D eigenvalue weighted by atomic mass is 79.9. The second-order valence-electron chi connectivity index (χ2n) is 4.86. The Kier molecular flexibility index (Phi) is 5.27. The number of hydrogen-bond donors (Lipinski definition) is 1. The molecule has 0 spiro atoms. The molecule has 0 bridgehead atoms. The number of piperazine rings is 1. The highest BCUT2D eigenvalue weighted by Crippen LogP contribution is 2.12. The number of nitrogens with two attached hydrogens (primary N) is 1. The van der Waals surface area contributed by atoms with Gasteiger partial charge >= 0.3 is 0 Å². The Bertz CT molecular complexity index is 429. The van der Waals surface area contributed by atoms with Crippen LogP contribution in [0.2, 0.25) is 0 Å². The van der Waals surface area contributed by atoms with Crippen LogP contribution >= 0.6 is 28.1 Å². The van der Waals surface area contributed by atoms with Crippen molar-refractivity contribution in [2.45, 2.75) is 19.5 Å². The van der Waals surface area contributed by atoms with E-state index in [1.165, 1.54) is 0 Å². The molecule has 6 heteroatoms. The molecule has 1 unspecified atom stereocenters. The maximum atomic E-state index is 5.70. The van der Waals surface area contributed by atoms with Crippen molar-refractivity contribution in [2.24, 2.45) is 5.73 Å². The molecule has 0 saturated carbocycles. The summed E-state index contributed by atoms with van der Waals surface area (Å²) in [6.45, 7) is 7.07. The molecule has 0 aliphatic carbocycles. The van der Waals surface area contributed by atoms with Gasteiger partial charge in [-0.25, -0.2) is 0 Å². The molecule has 2 rings (SSSR count). The van der Waals surface area contributed by atoms with Crippen LogP contribution in [-0.4, -0.2) is 52.0 Å². The van der Waals surface area contributed by atoms with E-state index in [-0.39, 0.29) is 6.04 Å². The van der Waals surface area contributed by atoms with Crippen LogP contribution in [0.25, 0.3) is 0 Å². The Labute approximate surface area is 128 Å². The summed E-state index contributed by atoms with van der Waals surface area (Å²) in [4.78, 5) is 9.75. The first-order valence-electron chi connectivity index (χ1n) is 6.42. The van der Waals surface area contributed by atoms with Crippen LogP contribution in [0.15, 0.2) is 22.8 Å². The number of rotatable bonds is 4. The molecule has 2 N–H and O–H groups in total. The highest BCUT2D eigenvalue weighted by Gasteiger charge is 2.22. The summed E-state index contributed by atoms with van der Waals surface area (Å²) in [6.07, 6.45) is 1.85. The van der Waals surface area contributed by atoms with E-state index in [2.05, 4.69) is 43.7 Å². The molecule has 0 aromatic carbocycles. The van der Waals surface area contributed by atoms with Gasteiger partial charge in [-0.15, -0.1) is 0 Å². The summed E-state index contributed by atoms with van der Waals surface area (Å²) in [6, 6.07) is 4.30. The van der Waals surface area contributed by atoms with Crippen LogP contribution < -0.4 is 5.73 Å². The summed E-state index contributed by atoms with van der Waals surface area (Å²) in [5.74, 6) is 0. The van der Waals surface area contributed by atoms with Crippen LogP contribution in [0, 0.1) is 0 Å². The molecule has 104 valence electrons. The second-order valence-corrected chi connectivity index (χ2v) is 6.25. The first kappa shape index (κ1) is 14.8. The van der Waals surface area contributed by atoms with Gasteiger partial charge in [0.25, 0.3) is 0 Å². The first-order chi connectivity index (χ1) is 9.06.